The zero-order valence-electron chi connectivity index (χ0n) is 20.0. The van der Waals surface area contributed by atoms with Gasteiger partial charge in [0, 0.05) is 28.7 Å². The normalized spacial score (nSPS) is 15.8. The molecule has 0 saturated carbocycles. The highest BCUT2D eigenvalue weighted by molar-refractivity contribution is 6.19. The van der Waals surface area contributed by atoms with Crippen LogP contribution in [0.2, 0.25) is 0 Å². The Morgan fingerprint density at radius 1 is 0.889 bits per heavy atom. The second kappa shape index (κ2) is 8.75. The van der Waals surface area contributed by atoms with Crippen LogP contribution in [0.25, 0.3) is 22.2 Å². The number of amides is 2. The molecule has 3 aromatic carbocycles. The van der Waals surface area contributed by atoms with Gasteiger partial charge in [-0.05, 0) is 61.4 Å². The van der Waals surface area contributed by atoms with Crippen LogP contribution in [-0.4, -0.2) is 37.2 Å². The van der Waals surface area contributed by atoms with E-state index >= 15 is 0 Å². The lowest BCUT2D eigenvalue weighted by molar-refractivity contribution is -0.138. The number of hydrogen-bond acceptors (Lipinski definition) is 5. The molecule has 7 nitrogen and oxygen atoms in total. The Balaban J connectivity index is 1.33. The molecular formula is C29H26N4O3. The number of nitrogens with zero attached hydrogens (tertiary/aromatic N) is 3. The fourth-order valence-corrected chi connectivity index (χ4v) is 5.57. The number of phenolic OH excluding ortho intramolecular Hbond substituents is 1. The average molecular weight is 479 g/mol. The molecule has 2 N–H and O–H groups in total. The molecule has 0 radical (unpaired) electrons. The zero-order valence-corrected chi connectivity index (χ0v) is 20.0. The van der Waals surface area contributed by atoms with Crippen molar-refractivity contribution in [1.29, 1.82) is 0 Å². The molecule has 1 aliphatic heterocycles. The molecule has 0 bridgehead atoms. The highest BCUT2D eigenvalue weighted by Gasteiger charge is 2.38. The van der Waals surface area contributed by atoms with Crippen LogP contribution < -0.4 is 0 Å². The van der Waals surface area contributed by atoms with Crippen molar-refractivity contribution >= 4 is 22.8 Å². The Morgan fingerprint density at radius 2 is 1.58 bits per heavy atom. The number of benzene rings is 3. The SMILES string of the molecule is Cc1cc(Cc2c(O)cccc2-c2cccc3n[nH]nc23)cc(CN2C(=O)C3=C(CCCC3)C2=O)c1. The van der Waals surface area contributed by atoms with E-state index in [2.05, 4.69) is 21.5 Å². The second-order valence-electron chi connectivity index (χ2n) is 9.66. The third kappa shape index (κ3) is 3.77. The minimum Gasteiger partial charge on any atom is -0.508 e. The first-order valence-corrected chi connectivity index (χ1v) is 12.3. The van der Waals surface area contributed by atoms with E-state index in [0.29, 0.717) is 30.4 Å². The quantitative estimate of drug-likeness (QED) is 0.395. The molecule has 2 heterocycles. The van der Waals surface area contributed by atoms with Crippen LogP contribution in [-0.2, 0) is 22.6 Å². The molecule has 0 saturated heterocycles. The van der Waals surface area contributed by atoms with E-state index in [1.54, 1.807) is 6.07 Å². The van der Waals surface area contributed by atoms with Crippen LogP contribution in [0.15, 0.2) is 65.7 Å². The third-order valence-electron chi connectivity index (χ3n) is 7.18. The van der Waals surface area contributed by atoms with Crippen molar-refractivity contribution in [3.8, 4) is 16.9 Å². The molecule has 2 aliphatic rings. The number of aromatic nitrogens is 3. The van der Waals surface area contributed by atoms with Crippen molar-refractivity contribution < 1.29 is 14.7 Å². The fourth-order valence-electron chi connectivity index (χ4n) is 5.57. The maximum Gasteiger partial charge on any atom is 0.257 e. The summed E-state index contributed by atoms with van der Waals surface area (Å²) in [6.45, 7) is 2.26. The van der Waals surface area contributed by atoms with E-state index in [-0.39, 0.29) is 24.1 Å². The number of hydrogen-bond donors (Lipinski definition) is 2. The van der Waals surface area contributed by atoms with Gasteiger partial charge in [-0.1, -0.05) is 48.0 Å². The summed E-state index contributed by atoms with van der Waals surface area (Å²) in [5.74, 6) is -0.0688. The number of carbonyl (C=O) groups excluding carboxylic acids is 2. The van der Waals surface area contributed by atoms with Crippen LogP contribution in [0.1, 0.15) is 47.9 Å². The molecule has 0 spiro atoms. The summed E-state index contributed by atoms with van der Waals surface area (Å²) in [7, 11) is 0. The summed E-state index contributed by atoms with van der Waals surface area (Å²) in [5, 5.41) is 22.0. The average Bonchev–Trinajstić information content (AvgIpc) is 3.45. The van der Waals surface area contributed by atoms with Crippen molar-refractivity contribution in [1.82, 2.24) is 20.3 Å². The molecule has 0 fully saturated rings. The van der Waals surface area contributed by atoms with Gasteiger partial charge in [0.2, 0.25) is 0 Å². The Kier molecular flexibility index (Phi) is 5.40. The molecule has 1 aromatic heterocycles. The maximum absolute atomic E-state index is 12.9. The van der Waals surface area contributed by atoms with Gasteiger partial charge in [-0.3, -0.25) is 14.5 Å². The van der Waals surface area contributed by atoms with Gasteiger partial charge in [-0.25, -0.2) is 0 Å². The first-order chi connectivity index (χ1) is 17.5. The number of para-hydroxylation sites is 1. The number of nitrogens with one attached hydrogen (secondary N) is 1. The summed E-state index contributed by atoms with van der Waals surface area (Å²) in [5.41, 5.74) is 8.43. The first-order valence-electron chi connectivity index (χ1n) is 12.3. The molecule has 6 rings (SSSR count). The van der Waals surface area contributed by atoms with E-state index in [1.807, 2.05) is 49.4 Å². The summed E-state index contributed by atoms with van der Waals surface area (Å²) in [4.78, 5) is 27.3. The van der Waals surface area contributed by atoms with Crippen molar-refractivity contribution in [3.05, 3.63) is 88.0 Å². The lowest BCUT2D eigenvalue weighted by atomic mass is 9.92. The molecular weight excluding hydrogens is 452 g/mol. The topological polar surface area (TPSA) is 99.2 Å². The highest BCUT2D eigenvalue weighted by atomic mass is 16.3. The number of phenols is 1. The molecule has 2 amide bonds. The van der Waals surface area contributed by atoms with E-state index < -0.39 is 0 Å². The van der Waals surface area contributed by atoms with Crippen molar-refractivity contribution in [2.24, 2.45) is 0 Å². The Hall–Kier alpha value is -4.26. The molecule has 1 aliphatic carbocycles. The number of fused-ring (bicyclic) bond motifs is 1. The van der Waals surface area contributed by atoms with Crippen LogP contribution in [0, 0.1) is 6.92 Å². The van der Waals surface area contributed by atoms with Crippen LogP contribution >= 0.6 is 0 Å². The predicted octanol–water partition coefficient (Wildman–Crippen LogP) is 4.97. The maximum atomic E-state index is 12.9. The monoisotopic (exact) mass is 478 g/mol. The van der Waals surface area contributed by atoms with E-state index in [4.69, 9.17) is 0 Å². The molecule has 7 heteroatoms. The minimum absolute atomic E-state index is 0.138. The molecule has 4 aromatic rings. The lowest BCUT2D eigenvalue weighted by Crippen LogP contribution is -2.31. The predicted molar refractivity (Wildman–Crippen MR) is 136 cm³/mol. The smallest absolute Gasteiger partial charge is 0.257 e. The number of aromatic hydroxyl groups is 1. The van der Waals surface area contributed by atoms with Gasteiger partial charge >= 0.3 is 0 Å². The minimum atomic E-state index is -0.138. The first kappa shape index (κ1) is 22.2. The largest absolute Gasteiger partial charge is 0.508 e. The van der Waals surface area contributed by atoms with Gasteiger partial charge in [0.05, 0.1) is 6.54 Å². The zero-order chi connectivity index (χ0) is 24.8. The van der Waals surface area contributed by atoms with Crippen molar-refractivity contribution in [2.75, 3.05) is 0 Å². The number of imide groups is 1. The number of rotatable bonds is 5. The lowest BCUT2D eigenvalue weighted by Gasteiger charge is -2.17. The summed E-state index contributed by atoms with van der Waals surface area (Å²) in [6.07, 6.45) is 3.81. The van der Waals surface area contributed by atoms with Gasteiger partial charge in [0.25, 0.3) is 11.8 Å². The summed E-state index contributed by atoms with van der Waals surface area (Å²) in [6, 6.07) is 17.4. The number of carbonyl (C=O) groups is 2. The van der Waals surface area contributed by atoms with Gasteiger partial charge in [-0.2, -0.15) is 15.4 Å². The van der Waals surface area contributed by atoms with Gasteiger partial charge in [-0.15, -0.1) is 0 Å². The van der Waals surface area contributed by atoms with E-state index in [0.717, 1.165) is 57.3 Å². The number of aryl methyl sites for hydroxylation is 1. The molecule has 0 atom stereocenters. The third-order valence-corrected chi connectivity index (χ3v) is 7.18. The fraction of sp³-hybridized carbons (Fsp3) is 0.241. The van der Waals surface area contributed by atoms with Crippen LogP contribution in [0.5, 0.6) is 5.75 Å². The molecule has 0 unspecified atom stereocenters. The second-order valence-corrected chi connectivity index (χ2v) is 9.66. The van der Waals surface area contributed by atoms with E-state index in [1.165, 1.54) is 4.90 Å². The molecule has 36 heavy (non-hydrogen) atoms. The number of H-pyrrole nitrogens is 1. The Labute approximate surface area is 208 Å². The van der Waals surface area contributed by atoms with E-state index in [9.17, 15) is 14.7 Å². The standard InChI is InChI=1S/C29H26N4O3/c1-17-12-18(14-19(13-17)16-33-28(35)22-6-2-3-7-23(22)29(33)36)15-24-20(8-5-11-26(24)34)21-9-4-10-25-27(21)31-32-30-25/h4-5,8-14,34H,2-3,6-7,15-16H2,1H3,(H,30,31,32). The van der Waals surface area contributed by atoms with Gasteiger partial charge < -0.3 is 5.11 Å². The van der Waals surface area contributed by atoms with Crippen molar-refractivity contribution in [3.63, 3.8) is 0 Å². The molecule has 180 valence electrons. The Bertz CT molecular complexity index is 1540. The van der Waals surface area contributed by atoms with Crippen LogP contribution in [0.3, 0.4) is 0 Å². The summed E-state index contributed by atoms with van der Waals surface area (Å²) >= 11 is 0. The highest BCUT2D eigenvalue weighted by Crippen LogP contribution is 2.36. The van der Waals surface area contributed by atoms with Gasteiger partial charge in [0.15, 0.2) is 0 Å². The number of aromatic amines is 1. The Morgan fingerprint density at radius 3 is 2.36 bits per heavy atom. The van der Waals surface area contributed by atoms with Crippen LogP contribution in [0.4, 0.5) is 0 Å². The van der Waals surface area contributed by atoms with Crippen molar-refractivity contribution in [2.45, 2.75) is 45.6 Å². The van der Waals surface area contributed by atoms with Gasteiger partial charge in [0.1, 0.15) is 16.8 Å². The summed E-state index contributed by atoms with van der Waals surface area (Å²) < 4.78 is 0.